The first-order valence-electron chi connectivity index (χ1n) is 3.40. The molecule has 0 amide bonds. The second-order valence-corrected chi connectivity index (χ2v) is 4.48. The highest BCUT2D eigenvalue weighted by molar-refractivity contribution is 14.1. The van der Waals surface area contributed by atoms with E-state index in [0.717, 1.165) is 8.45 Å². The third-order valence-corrected chi connectivity index (χ3v) is 4.20. The molecule has 12 heavy (non-hydrogen) atoms. The molecule has 0 N–H and O–H groups in total. The van der Waals surface area contributed by atoms with Crippen LogP contribution in [0.3, 0.4) is 0 Å². The first-order valence-corrected chi connectivity index (χ1v) is 5.29. The molecule has 0 saturated carbocycles. The molecule has 58 valence electrons. The molecule has 1 nitrogen and oxygen atoms in total. The molecule has 0 bridgehead atoms. The predicted octanol–water partition coefficient (Wildman–Crippen LogP) is 3.38. The summed E-state index contributed by atoms with van der Waals surface area (Å²) in [4.78, 5) is 0.816. The Morgan fingerprint density at radius 1 is 1.33 bits per heavy atom. The van der Waals surface area contributed by atoms with Crippen LogP contribution in [0.25, 0.3) is 10.1 Å². The number of benzene rings is 1. The van der Waals surface area contributed by atoms with E-state index in [0.29, 0.717) is 0 Å². The van der Waals surface area contributed by atoms with Crippen molar-refractivity contribution in [3.8, 4) is 6.07 Å². The number of halogens is 1. The van der Waals surface area contributed by atoms with E-state index in [9.17, 15) is 0 Å². The maximum Gasteiger partial charge on any atom is 0.119 e. The van der Waals surface area contributed by atoms with Crippen molar-refractivity contribution in [2.45, 2.75) is 0 Å². The van der Waals surface area contributed by atoms with Gasteiger partial charge in [-0.25, -0.2) is 0 Å². The number of fused-ring (bicyclic) bond motifs is 1. The van der Waals surface area contributed by atoms with Gasteiger partial charge in [-0.3, -0.25) is 0 Å². The van der Waals surface area contributed by atoms with E-state index >= 15 is 0 Å². The van der Waals surface area contributed by atoms with Crippen molar-refractivity contribution >= 4 is 44.0 Å². The van der Waals surface area contributed by atoms with Crippen LogP contribution in [0.15, 0.2) is 24.3 Å². The number of hydrogen-bond acceptors (Lipinski definition) is 2. The number of hydrogen-bond donors (Lipinski definition) is 0. The van der Waals surface area contributed by atoms with Gasteiger partial charge in [-0.2, -0.15) is 5.26 Å². The second-order valence-electron chi connectivity index (χ2n) is 2.35. The molecule has 0 aliphatic rings. The average molecular weight is 285 g/mol. The lowest BCUT2D eigenvalue weighted by molar-refractivity contribution is 1.52. The van der Waals surface area contributed by atoms with E-state index in [-0.39, 0.29) is 0 Å². The highest BCUT2D eigenvalue weighted by atomic mass is 127. The Labute approximate surface area is 87.8 Å². The molecule has 0 atom stereocenters. The van der Waals surface area contributed by atoms with Gasteiger partial charge in [-0.05, 0) is 28.7 Å². The van der Waals surface area contributed by atoms with Gasteiger partial charge in [-0.1, -0.05) is 18.2 Å². The second kappa shape index (κ2) is 3.04. The molecule has 0 aliphatic carbocycles. The van der Waals surface area contributed by atoms with Gasteiger partial charge < -0.3 is 0 Å². The van der Waals surface area contributed by atoms with E-state index in [1.165, 1.54) is 10.1 Å². The summed E-state index contributed by atoms with van der Waals surface area (Å²) in [6.07, 6.45) is 0. The molecule has 1 heterocycles. The zero-order valence-electron chi connectivity index (χ0n) is 6.04. The van der Waals surface area contributed by atoms with Crippen LogP contribution < -0.4 is 0 Å². The van der Waals surface area contributed by atoms with Gasteiger partial charge in [0.05, 0.1) is 0 Å². The fourth-order valence-electron chi connectivity index (χ4n) is 1.09. The molecule has 0 unspecified atom stereocenters. The lowest BCUT2D eigenvalue weighted by Gasteiger charge is -1.86. The summed E-state index contributed by atoms with van der Waals surface area (Å²) >= 11 is 3.78. The Morgan fingerprint density at radius 2 is 2.08 bits per heavy atom. The van der Waals surface area contributed by atoms with Crippen LogP contribution in [0.2, 0.25) is 0 Å². The summed E-state index contributed by atoms with van der Waals surface area (Å²) in [5, 5.41) is 9.97. The molecule has 0 saturated heterocycles. The molecular formula is C9H4INS. The summed E-state index contributed by atoms with van der Waals surface area (Å²) in [7, 11) is 0. The molecule has 2 aromatic rings. The van der Waals surface area contributed by atoms with E-state index in [2.05, 4.69) is 34.7 Å². The van der Waals surface area contributed by atoms with E-state index < -0.39 is 0 Å². The van der Waals surface area contributed by atoms with Crippen molar-refractivity contribution in [1.29, 1.82) is 5.26 Å². The number of nitrogens with zero attached hydrogens (tertiary/aromatic N) is 1. The van der Waals surface area contributed by atoms with Crippen molar-refractivity contribution in [2.75, 3.05) is 0 Å². The van der Waals surface area contributed by atoms with Crippen molar-refractivity contribution in [3.63, 3.8) is 0 Å². The van der Waals surface area contributed by atoms with Crippen molar-refractivity contribution in [3.05, 3.63) is 32.7 Å². The van der Waals surface area contributed by atoms with Gasteiger partial charge >= 0.3 is 0 Å². The number of thiophene rings is 1. The van der Waals surface area contributed by atoms with Gasteiger partial charge in [-0.15, -0.1) is 11.3 Å². The fraction of sp³-hybridized carbons (Fsp3) is 0. The van der Waals surface area contributed by atoms with Crippen LogP contribution in [0, 0.1) is 14.9 Å². The Bertz CT molecular complexity index is 467. The number of rotatable bonds is 0. The molecule has 0 radical (unpaired) electrons. The first-order chi connectivity index (χ1) is 5.83. The lowest BCUT2D eigenvalue weighted by Crippen LogP contribution is -1.68. The van der Waals surface area contributed by atoms with Crippen LogP contribution in [0.5, 0.6) is 0 Å². The Balaban J connectivity index is 2.90. The Kier molecular flexibility index (Phi) is 2.03. The van der Waals surface area contributed by atoms with Crippen LogP contribution in [-0.4, -0.2) is 0 Å². The van der Waals surface area contributed by atoms with Crippen molar-refractivity contribution in [2.24, 2.45) is 0 Å². The topological polar surface area (TPSA) is 23.8 Å². The Hall–Kier alpha value is -0.600. The number of nitriles is 1. The van der Waals surface area contributed by atoms with Crippen LogP contribution in [0.1, 0.15) is 4.88 Å². The van der Waals surface area contributed by atoms with Crippen LogP contribution in [0.4, 0.5) is 0 Å². The smallest absolute Gasteiger partial charge is 0.119 e. The SMILES string of the molecule is N#Cc1sc2ccccc2c1I. The normalized spacial score (nSPS) is 10.0. The van der Waals surface area contributed by atoms with E-state index in [1.807, 2.05) is 18.2 Å². The molecule has 1 aromatic heterocycles. The monoisotopic (exact) mass is 285 g/mol. The third-order valence-electron chi connectivity index (χ3n) is 1.64. The van der Waals surface area contributed by atoms with Gasteiger partial charge in [0.1, 0.15) is 10.9 Å². The first kappa shape index (κ1) is 8.02. The lowest BCUT2D eigenvalue weighted by atomic mass is 10.2. The van der Waals surface area contributed by atoms with Gasteiger partial charge in [0.15, 0.2) is 0 Å². The van der Waals surface area contributed by atoms with Gasteiger partial charge in [0.25, 0.3) is 0 Å². The maximum atomic E-state index is 8.78. The zero-order valence-corrected chi connectivity index (χ0v) is 9.02. The molecule has 2 rings (SSSR count). The van der Waals surface area contributed by atoms with E-state index in [4.69, 9.17) is 5.26 Å². The summed E-state index contributed by atoms with van der Waals surface area (Å²) in [6.45, 7) is 0. The Morgan fingerprint density at radius 3 is 2.75 bits per heavy atom. The molecular weight excluding hydrogens is 281 g/mol. The van der Waals surface area contributed by atoms with Crippen molar-refractivity contribution < 1.29 is 0 Å². The van der Waals surface area contributed by atoms with Gasteiger partial charge in [0.2, 0.25) is 0 Å². The predicted molar refractivity (Wildman–Crippen MR) is 59.3 cm³/mol. The summed E-state index contributed by atoms with van der Waals surface area (Å²) in [5.74, 6) is 0. The van der Waals surface area contributed by atoms with Crippen LogP contribution >= 0.6 is 33.9 Å². The summed E-state index contributed by atoms with van der Waals surface area (Å²) < 4.78 is 2.27. The summed E-state index contributed by atoms with van der Waals surface area (Å²) in [6, 6.07) is 10.3. The maximum absolute atomic E-state index is 8.78. The quantitative estimate of drug-likeness (QED) is 0.681. The molecule has 0 spiro atoms. The average Bonchev–Trinajstić information content (AvgIpc) is 2.44. The van der Waals surface area contributed by atoms with Gasteiger partial charge in [0, 0.05) is 13.7 Å². The third kappa shape index (κ3) is 1.11. The molecule has 0 fully saturated rings. The van der Waals surface area contributed by atoms with E-state index in [1.54, 1.807) is 11.3 Å². The summed E-state index contributed by atoms with van der Waals surface area (Å²) in [5.41, 5.74) is 0. The minimum atomic E-state index is 0.816. The molecule has 1 aromatic carbocycles. The minimum absolute atomic E-state index is 0.816. The molecule has 3 heteroatoms. The molecule has 0 aliphatic heterocycles. The zero-order chi connectivity index (χ0) is 8.55. The standard InChI is InChI=1S/C9H4INS/c10-9-6-3-1-2-4-7(6)12-8(9)5-11/h1-4H. The fourth-order valence-corrected chi connectivity index (χ4v) is 3.08. The largest absolute Gasteiger partial charge is 0.191 e. The van der Waals surface area contributed by atoms with Crippen LogP contribution in [-0.2, 0) is 0 Å². The van der Waals surface area contributed by atoms with Crippen molar-refractivity contribution in [1.82, 2.24) is 0 Å². The highest BCUT2D eigenvalue weighted by Crippen LogP contribution is 2.31. The highest BCUT2D eigenvalue weighted by Gasteiger charge is 2.07. The minimum Gasteiger partial charge on any atom is -0.191 e.